The van der Waals surface area contributed by atoms with Gasteiger partial charge in [-0.15, -0.1) is 0 Å². The summed E-state index contributed by atoms with van der Waals surface area (Å²) in [5.74, 6) is 0. The maximum absolute atomic E-state index is 4.69. The number of hydrogen-bond donors (Lipinski definition) is 4. The molecular weight excluding hydrogens is 250 g/mol. The Kier molecular flexibility index (Phi) is 6.39. The van der Waals surface area contributed by atoms with E-state index in [4.69, 9.17) is 0 Å². The lowest BCUT2D eigenvalue weighted by molar-refractivity contribution is 0.477. The van der Waals surface area contributed by atoms with Gasteiger partial charge in [0.2, 0.25) is 0 Å². The van der Waals surface area contributed by atoms with Gasteiger partial charge in [-0.25, -0.2) is 0 Å². The van der Waals surface area contributed by atoms with Crippen molar-refractivity contribution < 1.29 is 0 Å². The molecule has 112 valence electrons. The molecule has 0 aliphatic carbocycles. The van der Waals surface area contributed by atoms with Crippen molar-refractivity contribution in [2.75, 3.05) is 26.2 Å². The van der Waals surface area contributed by atoms with Gasteiger partial charge < -0.3 is 21.3 Å². The van der Waals surface area contributed by atoms with Crippen LogP contribution in [0, 0.1) is 0 Å². The minimum absolute atomic E-state index is 0.447. The highest BCUT2D eigenvalue weighted by Crippen LogP contribution is 2.00. The van der Waals surface area contributed by atoms with Gasteiger partial charge in [-0.05, 0) is 26.0 Å². The van der Waals surface area contributed by atoms with Crippen molar-refractivity contribution in [2.45, 2.75) is 39.0 Å². The van der Waals surface area contributed by atoms with E-state index in [1.165, 1.54) is 0 Å². The Balaban J connectivity index is 1.97. The van der Waals surface area contributed by atoms with Gasteiger partial charge in [0.25, 0.3) is 0 Å². The third kappa shape index (κ3) is 5.54. The summed E-state index contributed by atoms with van der Waals surface area (Å²) >= 11 is 0. The quantitative estimate of drug-likeness (QED) is 0.547. The smallest absolute Gasteiger partial charge is 0.0545 e. The highest BCUT2D eigenvalue weighted by atomic mass is 15.0. The standard InChI is InChI=1S/C15H27N5/c1-12-8-16-6-7-17-9-13(2)19-11-15-5-3-4-14(20-15)10-18-12/h3-5,12-13,16-19H,6-11H2,1-2H3. The van der Waals surface area contributed by atoms with Gasteiger partial charge in [0, 0.05) is 51.4 Å². The lowest BCUT2D eigenvalue weighted by atomic mass is 10.2. The van der Waals surface area contributed by atoms with E-state index in [-0.39, 0.29) is 0 Å². The van der Waals surface area contributed by atoms with Crippen LogP contribution in [0.2, 0.25) is 0 Å². The molecule has 0 spiro atoms. The van der Waals surface area contributed by atoms with Crippen LogP contribution in [0.15, 0.2) is 18.2 Å². The molecule has 4 N–H and O–H groups in total. The van der Waals surface area contributed by atoms with Crippen LogP contribution < -0.4 is 21.3 Å². The molecule has 2 bridgehead atoms. The summed E-state index contributed by atoms with van der Waals surface area (Å²) in [6.07, 6.45) is 0. The van der Waals surface area contributed by atoms with Crippen molar-refractivity contribution in [1.29, 1.82) is 0 Å². The van der Waals surface area contributed by atoms with Gasteiger partial charge in [0.15, 0.2) is 0 Å². The summed E-state index contributed by atoms with van der Waals surface area (Å²) in [6, 6.07) is 7.15. The summed E-state index contributed by atoms with van der Waals surface area (Å²) in [7, 11) is 0. The zero-order valence-corrected chi connectivity index (χ0v) is 12.6. The molecule has 0 saturated carbocycles. The van der Waals surface area contributed by atoms with Crippen LogP contribution in [0.4, 0.5) is 0 Å². The van der Waals surface area contributed by atoms with Gasteiger partial charge in [-0.1, -0.05) is 6.07 Å². The molecule has 2 unspecified atom stereocenters. The highest BCUT2D eigenvalue weighted by Gasteiger charge is 2.06. The first-order valence-electron chi connectivity index (χ1n) is 7.57. The topological polar surface area (TPSA) is 61.0 Å². The van der Waals surface area contributed by atoms with Crippen molar-refractivity contribution in [3.05, 3.63) is 29.6 Å². The fraction of sp³-hybridized carbons (Fsp3) is 0.667. The van der Waals surface area contributed by atoms with Gasteiger partial charge in [0.1, 0.15) is 0 Å². The van der Waals surface area contributed by atoms with Crippen molar-refractivity contribution in [3.8, 4) is 0 Å². The van der Waals surface area contributed by atoms with Crippen LogP contribution in [0.1, 0.15) is 25.2 Å². The van der Waals surface area contributed by atoms with Gasteiger partial charge in [-0.2, -0.15) is 0 Å². The molecule has 2 atom stereocenters. The third-order valence-corrected chi connectivity index (χ3v) is 3.51. The zero-order valence-electron chi connectivity index (χ0n) is 12.6. The van der Waals surface area contributed by atoms with E-state index in [1.54, 1.807) is 0 Å². The van der Waals surface area contributed by atoms with Gasteiger partial charge in [-0.3, -0.25) is 4.98 Å². The maximum atomic E-state index is 4.69. The SMILES string of the molecule is CC1CNCCNCC(C)NCc2cccc(n2)CN1. The molecule has 20 heavy (non-hydrogen) atoms. The van der Waals surface area contributed by atoms with E-state index in [0.29, 0.717) is 12.1 Å². The molecule has 0 amide bonds. The van der Waals surface area contributed by atoms with Crippen LogP contribution in [0.5, 0.6) is 0 Å². The number of rotatable bonds is 0. The predicted octanol–water partition coefficient (Wildman–Crippen LogP) is 0.231. The molecule has 5 nitrogen and oxygen atoms in total. The van der Waals surface area contributed by atoms with Crippen molar-refractivity contribution in [3.63, 3.8) is 0 Å². The Labute approximate surface area is 121 Å². The van der Waals surface area contributed by atoms with Crippen molar-refractivity contribution in [1.82, 2.24) is 26.3 Å². The summed E-state index contributed by atoms with van der Waals surface area (Å²) in [5.41, 5.74) is 2.22. The molecular formula is C15H27N5. The van der Waals surface area contributed by atoms with Crippen LogP contribution in [0.25, 0.3) is 0 Å². The second-order valence-electron chi connectivity index (χ2n) is 5.59. The molecule has 5 heteroatoms. The Morgan fingerprint density at radius 3 is 1.90 bits per heavy atom. The normalized spacial score (nSPS) is 26.5. The summed E-state index contributed by atoms with van der Waals surface area (Å²) in [5, 5.41) is 13.9. The Bertz CT molecular complexity index is 362. The predicted molar refractivity (Wildman–Crippen MR) is 82.6 cm³/mol. The molecule has 1 aromatic rings. The number of pyridine rings is 1. The summed E-state index contributed by atoms with van der Waals surface area (Å²) in [4.78, 5) is 4.69. The molecule has 0 aromatic carbocycles. The van der Waals surface area contributed by atoms with Crippen molar-refractivity contribution in [2.24, 2.45) is 0 Å². The first kappa shape index (κ1) is 15.4. The van der Waals surface area contributed by atoms with E-state index in [1.807, 2.05) is 0 Å². The minimum Gasteiger partial charge on any atom is -0.314 e. The maximum Gasteiger partial charge on any atom is 0.0545 e. The number of nitrogens with one attached hydrogen (secondary N) is 4. The van der Waals surface area contributed by atoms with E-state index in [2.05, 4.69) is 58.3 Å². The number of fused-ring (bicyclic) bond motifs is 2. The van der Waals surface area contributed by atoms with Gasteiger partial charge in [0.05, 0.1) is 11.4 Å². The monoisotopic (exact) mass is 277 g/mol. The molecule has 0 saturated heterocycles. The van der Waals surface area contributed by atoms with E-state index in [0.717, 1.165) is 50.7 Å². The van der Waals surface area contributed by atoms with E-state index < -0.39 is 0 Å². The van der Waals surface area contributed by atoms with Crippen LogP contribution in [-0.4, -0.2) is 43.2 Å². The first-order valence-corrected chi connectivity index (χ1v) is 7.57. The van der Waals surface area contributed by atoms with Crippen LogP contribution in [0.3, 0.4) is 0 Å². The average Bonchev–Trinajstić information content (AvgIpc) is 2.46. The molecule has 2 heterocycles. The fourth-order valence-corrected chi connectivity index (χ4v) is 2.24. The molecule has 1 aliphatic heterocycles. The van der Waals surface area contributed by atoms with Crippen LogP contribution in [-0.2, 0) is 13.1 Å². The number of aromatic nitrogens is 1. The first-order chi connectivity index (χ1) is 9.74. The summed E-state index contributed by atoms with van der Waals surface area (Å²) in [6.45, 7) is 10.0. The second kappa shape index (κ2) is 8.32. The van der Waals surface area contributed by atoms with Gasteiger partial charge >= 0.3 is 0 Å². The number of hydrogen-bond acceptors (Lipinski definition) is 5. The zero-order chi connectivity index (χ0) is 14.2. The molecule has 0 fully saturated rings. The highest BCUT2D eigenvalue weighted by molar-refractivity contribution is 5.11. The number of nitrogens with zero attached hydrogens (tertiary/aromatic N) is 1. The average molecular weight is 277 g/mol. The minimum atomic E-state index is 0.447. The Hall–Kier alpha value is -1.01. The molecule has 0 radical (unpaired) electrons. The third-order valence-electron chi connectivity index (χ3n) is 3.51. The lowest BCUT2D eigenvalue weighted by Gasteiger charge is -2.15. The second-order valence-corrected chi connectivity index (χ2v) is 5.59. The van der Waals surface area contributed by atoms with Crippen molar-refractivity contribution >= 4 is 0 Å². The van der Waals surface area contributed by atoms with E-state index >= 15 is 0 Å². The van der Waals surface area contributed by atoms with E-state index in [9.17, 15) is 0 Å². The molecule has 2 rings (SSSR count). The van der Waals surface area contributed by atoms with Crippen LogP contribution >= 0.6 is 0 Å². The molecule has 1 aromatic heterocycles. The molecule has 1 aliphatic rings. The summed E-state index contributed by atoms with van der Waals surface area (Å²) < 4.78 is 0. The lowest BCUT2D eigenvalue weighted by Crippen LogP contribution is -2.40. The fourth-order valence-electron chi connectivity index (χ4n) is 2.24. The largest absolute Gasteiger partial charge is 0.314 e. The Morgan fingerprint density at radius 1 is 0.900 bits per heavy atom. The Morgan fingerprint density at radius 2 is 1.40 bits per heavy atom.